The normalized spacial score (nSPS) is 13.3. The zero-order chi connectivity index (χ0) is 14.9. The first-order valence-corrected chi connectivity index (χ1v) is 6.47. The first kappa shape index (κ1) is 17.5. The molecule has 0 spiro atoms. The first-order chi connectivity index (χ1) is 8.77. The molecule has 110 valence electrons. The topological polar surface area (TPSA) is 93.2 Å². The van der Waals surface area contributed by atoms with Crippen LogP contribution in [0.25, 0.3) is 0 Å². The number of halogens is 3. The van der Waals surface area contributed by atoms with Crippen LogP contribution in [0.1, 0.15) is 13.3 Å². The Bertz CT molecular complexity index is 355. The highest BCUT2D eigenvalue weighted by Crippen LogP contribution is 2.23. The predicted octanol–water partition coefficient (Wildman–Crippen LogP) is 1.59. The molecule has 0 saturated heterocycles. The Balaban J connectivity index is 3.94. The number of rotatable bonds is 6. The van der Waals surface area contributed by atoms with E-state index in [1.807, 2.05) is 0 Å². The molecule has 0 saturated carbocycles. The Morgan fingerprint density at radius 3 is 2.53 bits per heavy atom. The van der Waals surface area contributed by atoms with E-state index in [4.69, 9.17) is 11.5 Å². The summed E-state index contributed by atoms with van der Waals surface area (Å²) in [5.41, 5.74) is 9.15. The van der Waals surface area contributed by atoms with Crippen LogP contribution in [-0.2, 0) is 0 Å². The quantitative estimate of drug-likeness (QED) is 0.560. The molecule has 19 heavy (non-hydrogen) atoms. The molecule has 0 aliphatic carbocycles. The van der Waals surface area contributed by atoms with E-state index in [0.717, 1.165) is 17.2 Å². The molecule has 0 aromatic heterocycles. The fraction of sp³-hybridized carbons (Fsp3) is 0.500. The third-order valence-electron chi connectivity index (χ3n) is 1.73. The fourth-order valence-corrected chi connectivity index (χ4v) is 1.57. The lowest BCUT2D eigenvalue weighted by atomic mass is 10.4. The number of carbonyl (C=O) groups is 1. The lowest BCUT2D eigenvalue weighted by molar-refractivity contribution is -0.0924. The van der Waals surface area contributed by atoms with E-state index in [1.165, 1.54) is 6.08 Å². The molecule has 6 N–H and O–H groups in total. The highest BCUT2D eigenvalue weighted by atomic mass is 32.2. The monoisotopic (exact) mass is 298 g/mol. The van der Waals surface area contributed by atoms with Crippen molar-refractivity contribution in [1.29, 1.82) is 0 Å². The zero-order valence-corrected chi connectivity index (χ0v) is 11.2. The number of alkyl halides is 3. The molecule has 0 bridgehead atoms. The number of allylic oxidation sites excluding steroid dienone is 2. The van der Waals surface area contributed by atoms with Crippen LogP contribution in [0, 0.1) is 0 Å². The molecule has 5 nitrogen and oxygen atoms in total. The van der Waals surface area contributed by atoms with Gasteiger partial charge in [0.1, 0.15) is 5.70 Å². The van der Waals surface area contributed by atoms with Gasteiger partial charge < -0.3 is 16.8 Å². The van der Waals surface area contributed by atoms with E-state index >= 15 is 0 Å². The molecule has 0 rings (SSSR count). The van der Waals surface area contributed by atoms with Crippen molar-refractivity contribution in [2.75, 3.05) is 12.3 Å². The molecule has 0 atom stereocenters. The van der Waals surface area contributed by atoms with Gasteiger partial charge in [0.25, 0.3) is 0 Å². The van der Waals surface area contributed by atoms with Crippen molar-refractivity contribution in [2.45, 2.75) is 19.5 Å². The molecular weight excluding hydrogens is 281 g/mol. The number of amides is 2. The summed E-state index contributed by atoms with van der Waals surface area (Å²) >= 11 is 0.924. The zero-order valence-electron chi connectivity index (χ0n) is 10.4. The average Bonchev–Trinajstić information content (AvgIpc) is 2.27. The van der Waals surface area contributed by atoms with E-state index < -0.39 is 17.9 Å². The number of carbonyl (C=O) groups excluding carboxylic acids is 1. The Kier molecular flexibility index (Phi) is 7.89. The molecule has 2 amide bonds. The third-order valence-corrected chi connectivity index (χ3v) is 2.62. The van der Waals surface area contributed by atoms with Crippen molar-refractivity contribution in [3.63, 3.8) is 0 Å². The number of hydrogen-bond donors (Lipinski definition) is 4. The van der Waals surface area contributed by atoms with Crippen LogP contribution in [0.3, 0.4) is 0 Å². The van der Waals surface area contributed by atoms with Gasteiger partial charge in [-0.1, -0.05) is 0 Å². The molecule has 0 fully saturated rings. The van der Waals surface area contributed by atoms with Crippen LogP contribution in [-0.4, -0.2) is 24.5 Å². The number of hydrogen-bond acceptors (Lipinski definition) is 4. The number of nitrogens with two attached hydrogens (primary N) is 2. The first-order valence-electron chi connectivity index (χ1n) is 5.42. The lowest BCUT2D eigenvalue weighted by Crippen LogP contribution is -2.37. The van der Waals surface area contributed by atoms with E-state index in [-0.39, 0.29) is 5.82 Å². The minimum Gasteiger partial charge on any atom is -0.394 e. The third kappa shape index (κ3) is 9.11. The second-order valence-electron chi connectivity index (χ2n) is 3.37. The van der Waals surface area contributed by atoms with Gasteiger partial charge in [-0.3, -0.25) is 5.32 Å². The van der Waals surface area contributed by atoms with Gasteiger partial charge in [0.15, 0.2) is 0 Å². The summed E-state index contributed by atoms with van der Waals surface area (Å²) in [6.07, 6.45) is -2.58. The van der Waals surface area contributed by atoms with E-state index in [2.05, 4.69) is 10.6 Å². The molecule has 0 unspecified atom stereocenters. The largest absolute Gasteiger partial charge is 0.431 e. The van der Waals surface area contributed by atoms with E-state index in [9.17, 15) is 18.0 Å². The van der Waals surface area contributed by atoms with Gasteiger partial charge in [0, 0.05) is 12.3 Å². The number of thioether (sulfide) groups is 1. The lowest BCUT2D eigenvalue weighted by Gasteiger charge is -2.06. The molecule has 0 heterocycles. The highest BCUT2D eigenvalue weighted by molar-refractivity contribution is 8.02. The highest BCUT2D eigenvalue weighted by Gasteiger charge is 2.31. The van der Waals surface area contributed by atoms with Gasteiger partial charge in [-0.25, -0.2) is 4.79 Å². The summed E-state index contributed by atoms with van der Waals surface area (Å²) in [4.78, 5) is 11.0. The Labute approximate surface area is 113 Å². The van der Waals surface area contributed by atoms with Crippen LogP contribution in [0.4, 0.5) is 18.0 Å². The smallest absolute Gasteiger partial charge is 0.394 e. The Morgan fingerprint density at radius 1 is 1.37 bits per heavy atom. The Hall–Kier alpha value is -1.51. The molecule has 9 heteroatoms. The summed E-state index contributed by atoms with van der Waals surface area (Å²) < 4.78 is 36.0. The maximum absolute atomic E-state index is 12.0. The van der Waals surface area contributed by atoms with Crippen LogP contribution in [0.15, 0.2) is 23.0 Å². The molecule has 0 aliphatic heterocycles. The van der Waals surface area contributed by atoms with E-state index in [1.54, 1.807) is 6.92 Å². The standard InChI is InChI=1S/C10H17F3N4OS/c1-2-16-9(18)17-8(15)4-3-5-19-6-7(14)10(11,12)13/h4,6H,2-3,5,14-15H2,1H3,(H2,16,17,18)/b7-6-,8-4+. The van der Waals surface area contributed by atoms with Crippen molar-refractivity contribution in [3.8, 4) is 0 Å². The van der Waals surface area contributed by atoms with Crippen LogP contribution < -0.4 is 22.1 Å². The van der Waals surface area contributed by atoms with Crippen molar-refractivity contribution in [2.24, 2.45) is 11.5 Å². The number of urea groups is 1. The second-order valence-corrected chi connectivity index (χ2v) is 4.35. The average molecular weight is 298 g/mol. The summed E-state index contributed by atoms with van der Waals surface area (Å²) in [7, 11) is 0. The van der Waals surface area contributed by atoms with Crippen LogP contribution in [0.5, 0.6) is 0 Å². The molecule has 0 aromatic rings. The molecule has 0 radical (unpaired) electrons. The summed E-state index contributed by atoms with van der Waals surface area (Å²) in [5.74, 6) is 0.522. The summed E-state index contributed by atoms with van der Waals surface area (Å²) in [6.45, 7) is 2.23. The van der Waals surface area contributed by atoms with Gasteiger partial charge in [-0.2, -0.15) is 13.2 Å². The Morgan fingerprint density at radius 2 is 2.00 bits per heavy atom. The van der Waals surface area contributed by atoms with Crippen molar-refractivity contribution < 1.29 is 18.0 Å². The predicted molar refractivity (Wildman–Crippen MR) is 69.9 cm³/mol. The van der Waals surface area contributed by atoms with Crippen LogP contribution >= 0.6 is 11.8 Å². The SMILES string of the molecule is CCNC(=O)N/C(N)=C/CCS/C=C(\N)C(F)(F)F. The van der Waals surface area contributed by atoms with Crippen molar-refractivity contribution >= 4 is 17.8 Å². The maximum Gasteiger partial charge on any atom is 0.431 e. The van der Waals surface area contributed by atoms with Gasteiger partial charge in [0.05, 0.1) is 5.82 Å². The maximum atomic E-state index is 12.0. The second kappa shape index (κ2) is 8.57. The molecule has 0 aliphatic rings. The van der Waals surface area contributed by atoms with Crippen molar-refractivity contribution in [1.82, 2.24) is 10.6 Å². The fourth-order valence-electron chi connectivity index (χ4n) is 0.885. The van der Waals surface area contributed by atoms with E-state index in [0.29, 0.717) is 18.7 Å². The molecular formula is C10H17F3N4OS. The summed E-state index contributed by atoms with van der Waals surface area (Å²) in [5, 5.41) is 5.70. The van der Waals surface area contributed by atoms with Gasteiger partial charge >= 0.3 is 12.2 Å². The summed E-state index contributed by atoms with van der Waals surface area (Å²) in [6, 6.07) is -0.426. The number of nitrogens with one attached hydrogen (secondary N) is 2. The minimum absolute atomic E-state index is 0.152. The molecule has 0 aromatic carbocycles. The van der Waals surface area contributed by atoms with Gasteiger partial charge in [-0.05, 0) is 24.8 Å². The van der Waals surface area contributed by atoms with Crippen molar-refractivity contribution in [3.05, 3.63) is 23.0 Å². The van der Waals surface area contributed by atoms with Gasteiger partial charge in [-0.15, -0.1) is 11.8 Å². The van der Waals surface area contributed by atoms with Crippen LogP contribution in [0.2, 0.25) is 0 Å². The minimum atomic E-state index is -4.50. The van der Waals surface area contributed by atoms with Gasteiger partial charge in [0.2, 0.25) is 0 Å².